The minimum absolute atomic E-state index is 0.00110. The summed E-state index contributed by atoms with van der Waals surface area (Å²) in [6.45, 7) is 8.29. The molecule has 0 aliphatic carbocycles. The Morgan fingerprint density at radius 1 is 1.33 bits per heavy atom. The van der Waals surface area contributed by atoms with Crippen LogP contribution in [0.5, 0.6) is 0 Å². The topological polar surface area (TPSA) is 46.9 Å². The maximum absolute atomic E-state index is 14.1. The van der Waals surface area contributed by atoms with Crippen LogP contribution in [0, 0.1) is 18.3 Å². The third kappa shape index (κ3) is 4.02. The smallest absolute Gasteiger partial charge is 0.262 e. The van der Waals surface area contributed by atoms with Crippen molar-refractivity contribution in [3.05, 3.63) is 47.0 Å². The molecule has 2 rings (SSSR count). The Labute approximate surface area is 143 Å². The van der Waals surface area contributed by atoms with Crippen molar-refractivity contribution >= 4 is 11.6 Å². The van der Waals surface area contributed by atoms with Crippen molar-refractivity contribution in [3.63, 3.8) is 0 Å². The highest BCUT2D eigenvalue weighted by atomic mass is 19.1. The predicted octanol–water partition coefficient (Wildman–Crippen LogP) is 4.49. The molecule has 1 aromatic heterocycles. The summed E-state index contributed by atoms with van der Waals surface area (Å²) in [5.74, 6) is -1.07. The van der Waals surface area contributed by atoms with Crippen LogP contribution in [0.1, 0.15) is 55.2 Å². The minimum atomic E-state index is -0.616. The third-order valence-corrected chi connectivity index (χ3v) is 4.67. The Hall–Kier alpha value is -2.17. The summed E-state index contributed by atoms with van der Waals surface area (Å²) in [6, 6.07) is 7.69. The van der Waals surface area contributed by atoms with Gasteiger partial charge in [-0.2, -0.15) is 9.49 Å². The van der Waals surface area contributed by atoms with Crippen LogP contribution in [0.4, 0.5) is 10.1 Å². The van der Waals surface area contributed by atoms with Crippen molar-refractivity contribution in [1.29, 1.82) is 0 Å². The molecule has 5 heteroatoms. The van der Waals surface area contributed by atoms with Crippen LogP contribution in [0.25, 0.3) is 0 Å². The molecule has 0 saturated heterocycles. The molecule has 1 aromatic carbocycles. The van der Waals surface area contributed by atoms with Gasteiger partial charge >= 0.3 is 0 Å². The number of amides is 1. The Kier molecular flexibility index (Phi) is 5.42. The van der Waals surface area contributed by atoms with Crippen molar-refractivity contribution in [2.45, 2.75) is 47.0 Å². The lowest BCUT2D eigenvalue weighted by Crippen LogP contribution is -2.16. The number of benzene rings is 1. The summed E-state index contributed by atoms with van der Waals surface area (Å²) in [7, 11) is 1.49. The van der Waals surface area contributed by atoms with Crippen LogP contribution in [-0.2, 0) is 13.5 Å². The number of nitrogens with one attached hydrogen (secondary N) is 1. The molecule has 24 heavy (non-hydrogen) atoms. The van der Waals surface area contributed by atoms with E-state index in [0.717, 1.165) is 35.2 Å². The predicted molar refractivity (Wildman–Crippen MR) is 94.7 cm³/mol. The second kappa shape index (κ2) is 7.16. The zero-order chi connectivity index (χ0) is 17.9. The maximum Gasteiger partial charge on any atom is 0.262 e. The molecule has 0 radical (unpaired) electrons. The zero-order valence-electron chi connectivity index (χ0n) is 15.1. The van der Waals surface area contributed by atoms with Gasteiger partial charge in [0.1, 0.15) is 5.56 Å². The number of hydrogen-bond acceptors (Lipinski definition) is 2. The van der Waals surface area contributed by atoms with Crippen LogP contribution in [0.2, 0.25) is 0 Å². The lowest BCUT2D eigenvalue weighted by Gasteiger charge is -2.23. The largest absolute Gasteiger partial charge is 0.322 e. The van der Waals surface area contributed by atoms with Crippen LogP contribution in [0.3, 0.4) is 0 Å². The highest BCUT2D eigenvalue weighted by Crippen LogP contribution is 2.28. The number of anilines is 1. The molecular formula is C19H26FN3O. The molecule has 2 aromatic rings. The standard InChI is InChI=1S/C19H26FN3O/c1-6-19(3,4)12-11-14-9-7-8-10-15(14)21-18(24)16-13(2)22-23(5)17(16)20/h7-10H,6,11-12H2,1-5H3,(H,21,24). The molecule has 1 N–H and O–H groups in total. The summed E-state index contributed by atoms with van der Waals surface area (Å²) in [5.41, 5.74) is 2.44. The first-order valence-corrected chi connectivity index (χ1v) is 8.33. The fraction of sp³-hybridized carbons (Fsp3) is 0.474. The molecule has 0 unspecified atom stereocenters. The van der Waals surface area contributed by atoms with Crippen LogP contribution in [-0.4, -0.2) is 15.7 Å². The van der Waals surface area contributed by atoms with Crippen molar-refractivity contribution in [2.24, 2.45) is 12.5 Å². The minimum Gasteiger partial charge on any atom is -0.322 e. The van der Waals surface area contributed by atoms with Gasteiger partial charge in [0.05, 0.1) is 5.69 Å². The van der Waals surface area contributed by atoms with Gasteiger partial charge in [-0.1, -0.05) is 45.4 Å². The summed E-state index contributed by atoms with van der Waals surface area (Å²) in [6.07, 6.45) is 2.99. The van der Waals surface area contributed by atoms with Gasteiger partial charge in [0.15, 0.2) is 0 Å². The van der Waals surface area contributed by atoms with Crippen LogP contribution >= 0.6 is 0 Å². The quantitative estimate of drug-likeness (QED) is 0.848. The average Bonchev–Trinajstić information content (AvgIpc) is 2.79. The summed E-state index contributed by atoms with van der Waals surface area (Å²) in [4.78, 5) is 12.5. The maximum atomic E-state index is 14.1. The first-order valence-electron chi connectivity index (χ1n) is 8.33. The monoisotopic (exact) mass is 331 g/mol. The normalized spacial score (nSPS) is 11.6. The van der Waals surface area contributed by atoms with E-state index in [9.17, 15) is 9.18 Å². The van der Waals surface area contributed by atoms with Gasteiger partial charge in [0.2, 0.25) is 5.95 Å². The number of rotatable bonds is 6. The lowest BCUT2D eigenvalue weighted by molar-refractivity contribution is 0.102. The van der Waals surface area contributed by atoms with Crippen molar-refractivity contribution in [2.75, 3.05) is 5.32 Å². The molecule has 0 aliphatic heterocycles. The summed E-state index contributed by atoms with van der Waals surface area (Å²) >= 11 is 0. The Morgan fingerprint density at radius 2 is 2.00 bits per heavy atom. The first kappa shape index (κ1) is 18.2. The number of hydrogen-bond donors (Lipinski definition) is 1. The van der Waals surface area contributed by atoms with E-state index in [1.807, 2.05) is 24.3 Å². The van der Waals surface area contributed by atoms with Crippen molar-refractivity contribution in [1.82, 2.24) is 9.78 Å². The lowest BCUT2D eigenvalue weighted by atomic mass is 9.84. The van der Waals surface area contributed by atoms with Gasteiger partial charge in [0.25, 0.3) is 5.91 Å². The molecule has 130 valence electrons. The van der Waals surface area contributed by atoms with Crippen LogP contribution in [0.15, 0.2) is 24.3 Å². The molecule has 0 fully saturated rings. The highest BCUT2D eigenvalue weighted by molar-refractivity contribution is 6.05. The average molecular weight is 331 g/mol. The van der Waals surface area contributed by atoms with Gasteiger partial charge in [0, 0.05) is 12.7 Å². The summed E-state index contributed by atoms with van der Waals surface area (Å²) in [5, 5.41) is 6.80. The molecular weight excluding hydrogens is 305 g/mol. The first-order chi connectivity index (χ1) is 11.2. The molecule has 0 bridgehead atoms. The number of carbonyl (C=O) groups is 1. The highest BCUT2D eigenvalue weighted by Gasteiger charge is 2.21. The number of para-hydroxylation sites is 1. The second-order valence-electron chi connectivity index (χ2n) is 7.00. The second-order valence-corrected chi connectivity index (χ2v) is 7.00. The number of carbonyl (C=O) groups excluding carboxylic acids is 1. The third-order valence-electron chi connectivity index (χ3n) is 4.67. The van der Waals surface area contributed by atoms with Crippen molar-refractivity contribution < 1.29 is 9.18 Å². The molecule has 4 nitrogen and oxygen atoms in total. The zero-order valence-corrected chi connectivity index (χ0v) is 15.1. The van der Waals surface area contributed by atoms with Gasteiger partial charge in [-0.3, -0.25) is 4.79 Å². The fourth-order valence-corrected chi connectivity index (χ4v) is 2.58. The Morgan fingerprint density at radius 3 is 2.58 bits per heavy atom. The Balaban J connectivity index is 2.19. The Bertz CT molecular complexity index is 734. The van der Waals surface area contributed by atoms with E-state index in [1.54, 1.807) is 6.92 Å². The summed E-state index contributed by atoms with van der Waals surface area (Å²) < 4.78 is 15.1. The molecule has 0 atom stereocenters. The molecule has 1 heterocycles. The number of aryl methyl sites for hydroxylation is 3. The van der Waals surface area contributed by atoms with E-state index >= 15 is 0 Å². The SMILES string of the molecule is CCC(C)(C)CCc1ccccc1NC(=O)c1c(C)nn(C)c1F. The van der Waals surface area contributed by atoms with E-state index in [0.29, 0.717) is 5.69 Å². The van der Waals surface area contributed by atoms with Gasteiger partial charge in [-0.25, -0.2) is 4.68 Å². The molecule has 0 saturated carbocycles. The fourth-order valence-electron chi connectivity index (χ4n) is 2.58. The molecule has 1 amide bonds. The van der Waals surface area contributed by atoms with Gasteiger partial charge in [-0.15, -0.1) is 0 Å². The van der Waals surface area contributed by atoms with Gasteiger partial charge in [-0.05, 0) is 36.8 Å². The van der Waals surface area contributed by atoms with E-state index in [4.69, 9.17) is 0 Å². The number of nitrogens with zero attached hydrogens (tertiary/aromatic N) is 2. The number of halogens is 1. The van der Waals surface area contributed by atoms with Crippen LogP contribution < -0.4 is 5.32 Å². The molecule has 0 spiro atoms. The van der Waals surface area contributed by atoms with Crippen molar-refractivity contribution in [3.8, 4) is 0 Å². The van der Waals surface area contributed by atoms with E-state index < -0.39 is 11.9 Å². The van der Waals surface area contributed by atoms with E-state index in [-0.39, 0.29) is 11.0 Å². The van der Waals surface area contributed by atoms with E-state index in [1.165, 1.54) is 7.05 Å². The molecule has 0 aliphatic rings. The van der Waals surface area contributed by atoms with Gasteiger partial charge < -0.3 is 5.32 Å². The number of aromatic nitrogens is 2. The van der Waals surface area contributed by atoms with E-state index in [2.05, 4.69) is 31.2 Å².